The van der Waals surface area contributed by atoms with E-state index >= 15 is 0 Å². The number of carbonyl (C=O) groups excluding carboxylic acids is 1. The topological polar surface area (TPSA) is 95.8 Å². The maximum Gasteiger partial charge on any atom is 0.248 e. The van der Waals surface area contributed by atoms with Gasteiger partial charge < -0.3 is 14.7 Å². The second-order valence-electron chi connectivity index (χ2n) is 7.52. The molecule has 8 nitrogen and oxygen atoms in total. The molecule has 0 unspecified atom stereocenters. The normalized spacial score (nSPS) is 20.6. The lowest BCUT2D eigenvalue weighted by Crippen LogP contribution is -2.37. The van der Waals surface area contributed by atoms with Gasteiger partial charge in [0, 0.05) is 32.6 Å². The molecule has 9 heteroatoms. The number of nitrogens with zero attached hydrogens (tertiary/aromatic N) is 3. The van der Waals surface area contributed by atoms with Crippen LogP contribution in [0.1, 0.15) is 43.6 Å². The lowest BCUT2D eigenvalue weighted by Gasteiger charge is -2.25. The van der Waals surface area contributed by atoms with Gasteiger partial charge in [-0.1, -0.05) is 5.16 Å². The van der Waals surface area contributed by atoms with E-state index in [2.05, 4.69) is 10.5 Å². The number of amides is 1. The Bertz CT molecular complexity index is 736. The van der Waals surface area contributed by atoms with Crippen LogP contribution in [0, 0.1) is 19.8 Å². The first-order valence-electron chi connectivity index (χ1n) is 9.81. The fourth-order valence-corrected chi connectivity index (χ4v) is 5.77. The molecule has 0 aromatic carbocycles. The smallest absolute Gasteiger partial charge is 0.248 e. The van der Waals surface area contributed by atoms with Crippen LogP contribution < -0.4 is 5.32 Å². The van der Waals surface area contributed by atoms with Crippen LogP contribution in [0.15, 0.2) is 9.42 Å². The highest BCUT2D eigenvalue weighted by Crippen LogP contribution is 2.24. The van der Waals surface area contributed by atoms with Crippen molar-refractivity contribution in [2.24, 2.45) is 5.92 Å². The molecule has 2 aliphatic heterocycles. The van der Waals surface area contributed by atoms with Crippen molar-refractivity contribution in [1.29, 1.82) is 0 Å². The molecule has 2 fully saturated rings. The molecule has 0 radical (unpaired) electrons. The second kappa shape index (κ2) is 8.70. The molecule has 2 aliphatic rings. The van der Waals surface area contributed by atoms with Crippen molar-refractivity contribution in [2.45, 2.75) is 50.8 Å². The molecule has 0 spiro atoms. The number of sulfonamides is 1. The molecule has 1 N–H and O–H groups in total. The summed E-state index contributed by atoms with van der Waals surface area (Å²) in [4.78, 5) is 14.6. The van der Waals surface area contributed by atoms with E-state index in [1.54, 1.807) is 13.8 Å². The van der Waals surface area contributed by atoms with Crippen molar-refractivity contribution >= 4 is 15.9 Å². The van der Waals surface area contributed by atoms with E-state index in [1.165, 1.54) is 4.31 Å². The van der Waals surface area contributed by atoms with Gasteiger partial charge in [0.05, 0.1) is 0 Å². The second-order valence-corrected chi connectivity index (χ2v) is 9.40. The van der Waals surface area contributed by atoms with Gasteiger partial charge >= 0.3 is 0 Å². The number of aromatic nitrogens is 1. The molecule has 27 heavy (non-hydrogen) atoms. The minimum Gasteiger partial charge on any atom is -0.360 e. The number of piperidine rings is 1. The average Bonchev–Trinajstić information content (AvgIpc) is 2.86. The van der Waals surface area contributed by atoms with Crippen LogP contribution in [0.3, 0.4) is 0 Å². The van der Waals surface area contributed by atoms with Crippen molar-refractivity contribution in [2.75, 3.05) is 39.3 Å². The Balaban J connectivity index is 1.57. The van der Waals surface area contributed by atoms with E-state index in [-0.39, 0.29) is 10.8 Å². The summed E-state index contributed by atoms with van der Waals surface area (Å²) in [6.45, 7) is 7.09. The third kappa shape index (κ3) is 4.70. The van der Waals surface area contributed by atoms with Gasteiger partial charge in [0.2, 0.25) is 15.9 Å². The maximum absolute atomic E-state index is 13.0. The molecular weight excluding hydrogens is 368 g/mol. The summed E-state index contributed by atoms with van der Waals surface area (Å²) in [7, 11) is -3.65. The van der Waals surface area contributed by atoms with E-state index in [1.807, 2.05) is 4.90 Å². The number of hydrogen-bond acceptors (Lipinski definition) is 6. The Morgan fingerprint density at radius 2 is 1.93 bits per heavy atom. The number of rotatable bonds is 5. The maximum atomic E-state index is 13.0. The summed E-state index contributed by atoms with van der Waals surface area (Å²) in [6, 6.07) is 0. The Morgan fingerprint density at radius 1 is 1.19 bits per heavy atom. The van der Waals surface area contributed by atoms with Crippen LogP contribution in [-0.2, 0) is 14.8 Å². The molecule has 0 atom stereocenters. The van der Waals surface area contributed by atoms with Crippen LogP contribution in [0.25, 0.3) is 0 Å². The molecule has 152 valence electrons. The molecule has 2 saturated heterocycles. The third-order valence-electron chi connectivity index (χ3n) is 5.60. The van der Waals surface area contributed by atoms with E-state index < -0.39 is 10.0 Å². The summed E-state index contributed by atoms with van der Waals surface area (Å²) in [5.74, 6) is 1.08. The Hall–Kier alpha value is -1.45. The van der Waals surface area contributed by atoms with Crippen LogP contribution in [0.4, 0.5) is 0 Å². The number of hydrogen-bond donors (Lipinski definition) is 1. The van der Waals surface area contributed by atoms with E-state index in [0.29, 0.717) is 56.4 Å². The predicted molar refractivity (Wildman–Crippen MR) is 101 cm³/mol. The largest absolute Gasteiger partial charge is 0.360 e. The highest BCUT2D eigenvalue weighted by molar-refractivity contribution is 7.89. The van der Waals surface area contributed by atoms with Gasteiger partial charge in [-0.2, -0.15) is 4.31 Å². The highest BCUT2D eigenvalue weighted by Gasteiger charge is 2.32. The molecule has 3 rings (SSSR count). The summed E-state index contributed by atoms with van der Waals surface area (Å²) in [6.07, 6.45) is 4.40. The van der Waals surface area contributed by atoms with Crippen LogP contribution in [0.5, 0.6) is 0 Å². The molecule has 0 bridgehead atoms. The van der Waals surface area contributed by atoms with Crippen molar-refractivity contribution in [3.05, 3.63) is 11.5 Å². The first kappa shape index (κ1) is 20.3. The highest BCUT2D eigenvalue weighted by atomic mass is 32.2. The number of nitrogens with one attached hydrogen (secondary N) is 1. The van der Waals surface area contributed by atoms with E-state index in [9.17, 15) is 13.2 Å². The van der Waals surface area contributed by atoms with Crippen molar-refractivity contribution in [1.82, 2.24) is 19.7 Å². The van der Waals surface area contributed by atoms with Crippen LogP contribution in [0.2, 0.25) is 0 Å². The number of aryl methyl sites for hydroxylation is 2. The van der Waals surface area contributed by atoms with Crippen LogP contribution in [-0.4, -0.2) is 68.0 Å². The third-order valence-corrected chi connectivity index (χ3v) is 7.74. The predicted octanol–water partition coefficient (Wildman–Crippen LogP) is 1.29. The standard InChI is InChI=1S/C18H30N4O4S/c1-14-18(15(2)26-20-14)27(24,25)22-11-3-10-21(12-13-22)17(23)5-4-16-6-8-19-9-7-16/h16,19H,3-13H2,1-2H3. The molecular formula is C18H30N4O4S. The Morgan fingerprint density at radius 3 is 2.59 bits per heavy atom. The average molecular weight is 399 g/mol. The summed E-state index contributed by atoms with van der Waals surface area (Å²) in [5.41, 5.74) is 0.381. The first-order chi connectivity index (χ1) is 12.9. The monoisotopic (exact) mass is 398 g/mol. The van der Waals surface area contributed by atoms with Crippen molar-refractivity contribution < 1.29 is 17.7 Å². The van der Waals surface area contributed by atoms with Gasteiger partial charge in [0.1, 0.15) is 10.6 Å². The summed E-state index contributed by atoms with van der Waals surface area (Å²) >= 11 is 0. The Labute approximate surface area is 161 Å². The zero-order chi connectivity index (χ0) is 19.4. The lowest BCUT2D eigenvalue weighted by molar-refractivity contribution is -0.131. The fraction of sp³-hybridized carbons (Fsp3) is 0.778. The fourth-order valence-electron chi connectivity index (χ4n) is 4.01. The number of carbonyl (C=O) groups is 1. The zero-order valence-electron chi connectivity index (χ0n) is 16.2. The zero-order valence-corrected chi connectivity index (χ0v) is 17.1. The SMILES string of the molecule is Cc1noc(C)c1S(=O)(=O)N1CCCN(C(=O)CCC2CCNCC2)CC1. The van der Waals surface area contributed by atoms with Crippen molar-refractivity contribution in [3.63, 3.8) is 0 Å². The minimum absolute atomic E-state index is 0.144. The van der Waals surface area contributed by atoms with Gasteiger partial charge in [-0.25, -0.2) is 8.42 Å². The molecule has 1 amide bonds. The molecule has 1 aromatic rings. The van der Waals surface area contributed by atoms with E-state index in [0.717, 1.165) is 32.4 Å². The summed E-state index contributed by atoms with van der Waals surface area (Å²) < 4.78 is 32.4. The molecule has 0 aliphatic carbocycles. The van der Waals surface area contributed by atoms with Crippen LogP contribution >= 0.6 is 0 Å². The minimum atomic E-state index is -3.65. The van der Waals surface area contributed by atoms with Gasteiger partial charge in [-0.3, -0.25) is 4.79 Å². The molecule has 1 aromatic heterocycles. The van der Waals surface area contributed by atoms with Gasteiger partial charge in [-0.05, 0) is 58.5 Å². The molecule has 0 saturated carbocycles. The van der Waals surface area contributed by atoms with E-state index in [4.69, 9.17) is 4.52 Å². The quantitative estimate of drug-likeness (QED) is 0.803. The Kier molecular flexibility index (Phi) is 6.54. The van der Waals surface area contributed by atoms with Gasteiger partial charge in [0.25, 0.3) is 0 Å². The molecule has 3 heterocycles. The lowest BCUT2D eigenvalue weighted by atomic mass is 9.93. The van der Waals surface area contributed by atoms with Gasteiger partial charge in [0.15, 0.2) is 5.76 Å². The summed E-state index contributed by atoms with van der Waals surface area (Å²) in [5, 5.41) is 7.11. The van der Waals surface area contributed by atoms with Crippen molar-refractivity contribution in [3.8, 4) is 0 Å². The van der Waals surface area contributed by atoms with Gasteiger partial charge in [-0.15, -0.1) is 0 Å². The first-order valence-corrected chi connectivity index (χ1v) is 11.2.